The van der Waals surface area contributed by atoms with E-state index in [1.54, 1.807) is 0 Å². The molecule has 3 rings (SSSR count). The zero-order chi connectivity index (χ0) is 14.1. The zero-order valence-electron chi connectivity index (χ0n) is 12.0. The van der Waals surface area contributed by atoms with Gasteiger partial charge in [-0.2, -0.15) is 4.98 Å². The molecule has 2 aliphatic rings. The van der Waals surface area contributed by atoms with Crippen LogP contribution in [0.3, 0.4) is 0 Å². The lowest BCUT2D eigenvalue weighted by Gasteiger charge is -2.34. The Bertz CT molecular complexity index is 474. The molecule has 6 nitrogen and oxygen atoms in total. The first kappa shape index (κ1) is 13.7. The normalized spacial score (nSPS) is 29.8. The van der Waals surface area contributed by atoms with Crippen molar-refractivity contribution in [2.45, 2.75) is 50.1 Å². The minimum absolute atomic E-state index is 0.0360. The summed E-state index contributed by atoms with van der Waals surface area (Å²) in [4.78, 5) is 18.4. The van der Waals surface area contributed by atoms with Crippen LogP contribution in [-0.2, 0) is 16.0 Å². The summed E-state index contributed by atoms with van der Waals surface area (Å²) in [6.07, 6.45) is 4.90. The Morgan fingerprint density at radius 2 is 2.10 bits per heavy atom. The van der Waals surface area contributed by atoms with Crippen molar-refractivity contribution in [2.75, 3.05) is 20.8 Å². The molecule has 110 valence electrons. The Balaban J connectivity index is 1.64. The highest BCUT2D eigenvalue weighted by molar-refractivity contribution is 5.81. The molecule has 0 aromatic carbocycles. The number of ketones is 1. The first-order valence-corrected chi connectivity index (χ1v) is 7.22. The van der Waals surface area contributed by atoms with Crippen LogP contribution in [0.5, 0.6) is 0 Å². The summed E-state index contributed by atoms with van der Waals surface area (Å²) in [5.74, 6) is 1.52. The molecular formula is C14H21N3O3. The van der Waals surface area contributed by atoms with Crippen molar-refractivity contribution in [1.82, 2.24) is 15.0 Å². The molecule has 1 aromatic heterocycles. The third kappa shape index (κ3) is 2.62. The predicted octanol–water partition coefficient (Wildman–Crippen LogP) is 1.17. The van der Waals surface area contributed by atoms with Gasteiger partial charge in [-0.05, 0) is 32.7 Å². The predicted molar refractivity (Wildman–Crippen MR) is 71.4 cm³/mol. The smallest absolute Gasteiger partial charge is 0.234 e. The Morgan fingerprint density at radius 1 is 1.40 bits per heavy atom. The van der Waals surface area contributed by atoms with Crippen molar-refractivity contribution in [2.24, 2.45) is 0 Å². The minimum atomic E-state index is -0.0360. The van der Waals surface area contributed by atoms with Crippen LogP contribution in [0.25, 0.3) is 0 Å². The second kappa shape index (κ2) is 5.61. The molecule has 2 fully saturated rings. The van der Waals surface area contributed by atoms with E-state index in [2.05, 4.69) is 22.1 Å². The van der Waals surface area contributed by atoms with Crippen LogP contribution < -0.4 is 0 Å². The van der Waals surface area contributed by atoms with E-state index >= 15 is 0 Å². The number of hydrogen-bond donors (Lipinski definition) is 0. The van der Waals surface area contributed by atoms with E-state index in [0.29, 0.717) is 23.9 Å². The van der Waals surface area contributed by atoms with Gasteiger partial charge in [0, 0.05) is 25.1 Å². The molecule has 2 atom stereocenters. The molecule has 2 bridgehead atoms. The van der Waals surface area contributed by atoms with Crippen LogP contribution in [0.2, 0.25) is 0 Å². The molecule has 2 unspecified atom stereocenters. The van der Waals surface area contributed by atoms with Gasteiger partial charge in [0.1, 0.15) is 6.61 Å². The summed E-state index contributed by atoms with van der Waals surface area (Å²) in [5.41, 5.74) is 0. The first-order valence-electron chi connectivity index (χ1n) is 7.22. The van der Waals surface area contributed by atoms with Gasteiger partial charge in [0.05, 0.1) is 6.42 Å². The van der Waals surface area contributed by atoms with Crippen molar-refractivity contribution in [3.63, 3.8) is 0 Å². The fourth-order valence-corrected chi connectivity index (χ4v) is 3.51. The molecule has 0 amide bonds. The maximum absolute atomic E-state index is 11.5. The number of fused-ring (bicyclic) bond motifs is 2. The molecule has 0 aliphatic carbocycles. The van der Waals surface area contributed by atoms with E-state index in [9.17, 15) is 4.79 Å². The van der Waals surface area contributed by atoms with E-state index in [0.717, 1.165) is 18.7 Å². The number of ether oxygens (including phenoxy) is 1. The summed E-state index contributed by atoms with van der Waals surface area (Å²) in [7, 11) is 3.72. The molecule has 2 saturated heterocycles. The van der Waals surface area contributed by atoms with Gasteiger partial charge in [-0.1, -0.05) is 5.16 Å². The van der Waals surface area contributed by atoms with Gasteiger partial charge in [0.25, 0.3) is 0 Å². The Morgan fingerprint density at radius 3 is 2.75 bits per heavy atom. The number of aromatic nitrogens is 2. The second-order valence-corrected chi connectivity index (χ2v) is 5.91. The van der Waals surface area contributed by atoms with Gasteiger partial charge < -0.3 is 14.2 Å². The van der Waals surface area contributed by atoms with E-state index in [4.69, 9.17) is 9.26 Å². The summed E-state index contributed by atoms with van der Waals surface area (Å²) in [5, 5.41) is 4.08. The SMILES string of the molecule is COCC(=O)Cc1nc(C2CC3CCC(C2)N3C)no1. The molecule has 1 aromatic rings. The number of carbonyl (C=O) groups is 1. The topological polar surface area (TPSA) is 68.5 Å². The standard InChI is InChI=1S/C14H21N3O3/c1-17-10-3-4-11(17)6-9(5-10)14-15-13(20-16-14)7-12(18)8-19-2/h9-11H,3-8H2,1-2H3. The molecule has 0 spiro atoms. The summed E-state index contributed by atoms with van der Waals surface area (Å²) in [6, 6.07) is 1.30. The van der Waals surface area contributed by atoms with Gasteiger partial charge in [-0.15, -0.1) is 0 Å². The maximum atomic E-state index is 11.5. The number of nitrogens with zero attached hydrogens (tertiary/aromatic N) is 3. The number of Topliss-reactive ketones (excluding diaryl/α,β-unsaturated/α-hetero) is 1. The minimum Gasteiger partial charge on any atom is -0.377 e. The van der Waals surface area contributed by atoms with Crippen molar-refractivity contribution in [3.8, 4) is 0 Å². The Hall–Kier alpha value is -1.27. The fourth-order valence-electron chi connectivity index (χ4n) is 3.51. The van der Waals surface area contributed by atoms with Gasteiger partial charge in [-0.25, -0.2) is 0 Å². The van der Waals surface area contributed by atoms with Crippen molar-refractivity contribution in [1.29, 1.82) is 0 Å². The number of rotatable bonds is 5. The lowest BCUT2D eigenvalue weighted by Crippen LogP contribution is -2.39. The van der Waals surface area contributed by atoms with E-state index in [1.165, 1.54) is 20.0 Å². The van der Waals surface area contributed by atoms with Crippen LogP contribution in [0, 0.1) is 0 Å². The van der Waals surface area contributed by atoms with E-state index in [-0.39, 0.29) is 18.8 Å². The number of hydrogen-bond acceptors (Lipinski definition) is 6. The average Bonchev–Trinajstić information content (AvgIpc) is 2.92. The molecule has 0 saturated carbocycles. The number of methoxy groups -OCH3 is 1. The maximum Gasteiger partial charge on any atom is 0.234 e. The van der Waals surface area contributed by atoms with E-state index < -0.39 is 0 Å². The summed E-state index contributed by atoms with van der Waals surface area (Å²) < 4.78 is 10.0. The molecule has 2 aliphatic heterocycles. The molecule has 0 radical (unpaired) electrons. The van der Waals surface area contributed by atoms with E-state index in [1.807, 2.05) is 0 Å². The Kier molecular flexibility index (Phi) is 3.85. The fraction of sp³-hybridized carbons (Fsp3) is 0.786. The molecule has 0 N–H and O–H groups in total. The average molecular weight is 279 g/mol. The third-order valence-corrected chi connectivity index (χ3v) is 4.60. The highest BCUT2D eigenvalue weighted by atomic mass is 16.5. The van der Waals surface area contributed by atoms with Gasteiger partial charge >= 0.3 is 0 Å². The second-order valence-electron chi connectivity index (χ2n) is 5.91. The van der Waals surface area contributed by atoms with Crippen LogP contribution in [0.1, 0.15) is 43.3 Å². The van der Waals surface area contributed by atoms with Crippen molar-refractivity contribution >= 4 is 5.78 Å². The van der Waals surface area contributed by atoms with Crippen LogP contribution in [0.4, 0.5) is 0 Å². The molecular weight excluding hydrogens is 258 g/mol. The number of piperidine rings is 1. The lowest BCUT2D eigenvalue weighted by molar-refractivity contribution is -0.122. The van der Waals surface area contributed by atoms with Crippen LogP contribution in [-0.4, -0.2) is 53.7 Å². The lowest BCUT2D eigenvalue weighted by atomic mass is 9.90. The highest BCUT2D eigenvalue weighted by Gasteiger charge is 2.40. The first-order chi connectivity index (χ1) is 9.67. The monoisotopic (exact) mass is 279 g/mol. The summed E-state index contributed by atoms with van der Waals surface area (Å²) in [6.45, 7) is 0.0933. The Labute approximate surface area is 118 Å². The molecule has 3 heterocycles. The molecule has 6 heteroatoms. The largest absolute Gasteiger partial charge is 0.377 e. The van der Waals surface area contributed by atoms with Gasteiger partial charge in [0.15, 0.2) is 11.6 Å². The van der Waals surface area contributed by atoms with Crippen LogP contribution in [0.15, 0.2) is 4.52 Å². The van der Waals surface area contributed by atoms with Crippen molar-refractivity contribution in [3.05, 3.63) is 11.7 Å². The van der Waals surface area contributed by atoms with Gasteiger partial charge in [-0.3, -0.25) is 4.79 Å². The van der Waals surface area contributed by atoms with Gasteiger partial charge in [0.2, 0.25) is 5.89 Å². The number of carbonyl (C=O) groups excluding carboxylic acids is 1. The highest BCUT2D eigenvalue weighted by Crippen LogP contribution is 2.41. The summed E-state index contributed by atoms with van der Waals surface area (Å²) >= 11 is 0. The molecule has 20 heavy (non-hydrogen) atoms. The zero-order valence-corrected chi connectivity index (χ0v) is 12.0. The van der Waals surface area contributed by atoms with Crippen molar-refractivity contribution < 1.29 is 14.1 Å². The third-order valence-electron chi connectivity index (χ3n) is 4.60. The quantitative estimate of drug-likeness (QED) is 0.806. The van der Waals surface area contributed by atoms with Crippen LogP contribution >= 0.6 is 0 Å².